The van der Waals surface area contributed by atoms with E-state index in [2.05, 4.69) is 12.2 Å². The molecule has 20 heavy (non-hydrogen) atoms. The third-order valence-electron chi connectivity index (χ3n) is 4.30. The third kappa shape index (κ3) is 3.68. The molecule has 0 nitrogen and oxygen atoms in total. The Morgan fingerprint density at radius 2 is 1.75 bits per heavy atom. The monoisotopic (exact) mass is 280 g/mol. The first kappa shape index (κ1) is 16.9. The molecular formula is C18H26F2. The summed E-state index contributed by atoms with van der Waals surface area (Å²) in [5, 5.41) is 0. The van der Waals surface area contributed by atoms with Gasteiger partial charge in [0.2, 0.25) is 0 Å². The number of halogens is 2. The zero-order valence-electron chi connectivity index (χ0n) is 11.8. The minimum Gasteiger partial charge on any atom is -0.203 e. The number of aryl methyl sites for hydroxylation is 1. The first-order chi connectivity index (χ1) is 9.13. The van der Waals surface area contributed by atoms with Gasteiger partial charge in [-0.15, -0.1) is 0 Å². The SMILES string of the molecule is C.CC=CCC1CCC(c2ccc(C)c(F)c2F)CC1. The molecule has 0 heterocycles. The van der Waals surface area contributed by atoms with Crippen molar-refractivity contribution in [3.8, 4) is 0 Å². The molecule has 112 valence electrons. The van der Waals surface area contributed by atoms with Crippen molar-refractivity contribution >= 4 is 0 Å². The van der Waals surface area contributed by atoms with Crippen LogP contribution in [0.2, 0.25) is 0 Å². The van der Waals surface area contributed by atoms with Crippen molar-refractivity contribution in [3.05, 3.63) is 47.0 Å². The quantitative estimate of drug-likeness (QED) is 0.582. The Bertz CT molecular complexity index is 455. The van der Waals surface area contributed by atoms with Crippen molar-refractivity contribution in [2.75, 3.05) is 0 Å². The fourth-order valence-electron chi connectivity index (χ4n) is 3.01. The number of hydrogen-bond donors (Lipinski definition) is 0. The van der Waals surface area contributed by atoms with Crippen molar-refractivity contribution in [3.63, 3.8) is 0 Å². The summed E-state index contributed by atoms with van der Waals surface area (Å²) in [7, 11) is 0. The van der Waals surface area contributed by atoms with Crippen LogP contribution >= 0.6 is 0 Å². The van der Waals surface area contributed by atoms with E-state index in [-0.39, 0.29) is 13.3 Å². The molecule has 1 aliphatic carbocycles. The Balaban J connectivity index is 0.00000200. The van der Waals surface area contributed by atoms with Gasteiger partial charge < -0.3 is 0 Å². The lowest BCUT2D eigenvalue weighted by atomic mass is 9.77. The fraction of sp³-hybridized carbons (Fsp3) is 0.556. The summed E-state index contributed by atoms with van der Waals surface area (Å²) in [6.07, 6.45) is 9.59. The molecule has 1 saturated carbocycles. The highest BCUT2D eigenvalue weighted by molar-refractivity contribution is 5.28. The normalized spacial score (nSPS) is 22.8. The molecule has 1 aromatic rings. The van der Waals surface area contributed by atoms with Gasteiger partial charge in [-0.25, -0.2) is 8.78 Å². The smallest absolute Gasteiger partial charge is 0.162 e. The van der Waals surface area contributed by atoms with Gasteiger partial charge in [-0.2, -0.15) is 0 Å². The first-order valence-corrected chi connectivity index (χ1v) is 7.19. The molecule has 0 spiro atoms. The second kappa shape index (κ2) is 7.56. The van der Waals surface area contributed by atoms with Crippen LogP contribution in [0.1, 0.15) is 63.5 Å². The number of hydrogen-bond acceptors (Lipinski definition) is 0. The molecule has 1 aromatic carbocycles. The lowest BCUT2D eigenvalue weighted by Gasteiger charge is -2.28. The lowest BCUT2D eigenvalue weighted by Crippen LogP contribution is -2.14. The van der Waals surface area contributed by atoms with Gasteiger partial charge in [-0.05, 0) is 68.9 Å². The summed E-state index contributed by atoms with van der Waals surface area (Å²) in [5.41, 5.74) is 0.968. The maximum atomic E-state index is 14.0. The molecular weight excluding hydrogens is 254 g/mol. The van der Waals surface area contributed by atoms with Gasteiger partial charge in [-0.3, -0.25) is 0 Å². The minimum absolute atomic E-state index is 0. The minimum atomic E-state index is -0.673. The highest BCUT2D eigenvalue weighted by Gasteiger charge is 2.25. The van der Waals surface area contributed by atoms with Gasteiger partial charge in [0.25, 0.3) is 0 Å². The average Bonchev–Trinajstić information content (AvgIpc) is 2.44. The predicted molar refractivity (Wildman–Crippen MR) is 82.0 cm³/mol. The molecule has 1 fully saturated rings. The Hall–Kier alpha value is -1.18. The summed E-state index contributed by atoms with van der Waals surface area (Å²) in [4.78, 5) is 0. The van der Waals surface area contributed by atoms with Gasteiger partial charge >= 0.3 is 0 Å². The summed E-state index contributed by atoms with van der Waals surface area (Å²) < 4.78 is 27.6. The van der Waals surface area contributed by atoms with Gasteiger partial charge in [0, 0.05) is 0 Å². The van der Waals surface area contributed by atoms with E-state index in [9.17, 15) is 8.78 Å². The van der Waals surface area contributed by atoms with Crippen molar-refractivity contribution in [1.82, 2.24) is 0 Å². The molecule has 0 saturated heterocycles. The lowest BCUT2D eigenvalue weighted by molar-refractivity contribution is 0.321. The van der Waals surface area contributed by atoms with E-state index in [0.29, 0.717) is 17.0 Å². The van der Waals surface area contributed by atoms with Crippen LogP contribution < -0.4 is 0 Å². The third-order valence-corrected chi connectivity index (χ3v) is 4.30. The number of rotatable bonds is 3. The van der Waals surface area contributed by atoms with E-state index < -0.39 is 11.6 Å². The summed E-state index contributed by atoms with van der Waals surface area (Å²) in [6, 6.07) is 3.46. The largest absolute Gasteiger partial charge is 0.203 e. The zero-order valence-corrected chi connectivity index (χ0v) is 11.8. The van der Waals surface area contributed by atoms with Crippen molar-refractivity contribution < 1.29 is 8.78 Å². The topological polar surface area (TPSA) is 0 Å². The second-order valence-corrected chi connectivity index (χ2v) is 5.62. The van der Waals surface area contributed by atoms with Gasteiger partial charge in [0.05, 0.1) is 0 Å². The van der Waals surface area contributed by atoms with Crippen LogP contribution in [0.15, 0.2) is 24.3 Å². The molecule has 0 unspecified atom stereocenters. The van der Waals surface area contributed by atoms with Crippen LogP contribution in [0.25, 0.3) is 0 Å². The molecule has 0 N–H and O–H groups in total. The van der Waals surface area contributed by atoms with E-state index >= 15 is 0 Å². The Morgan fingerprint density at radius 3 is 2.35 bits per heavy atom. The first-order valence-electron chi connectivity index (χ1n) is 7.19. The Kier molecular flexibility index (Phi) is 6.38. The molecule has 0 atom stereocenters. The summed E-state index contributed by atoms with van der Waals surface area (Å²) in [5.74, 6) is -0.395. The molecule has 0 aromatic heterocycles. The zero-order chi connectivity index (χ0) is 13.8. The van der Waals surface area contributed by atoms with Crippen molar-refractivity contribution in [2.45, 2.75) is 59.3 Å². The van der Waals surface area contributed by atoms with Crippen LogP contribution in [-0.4, -0.2) is 0 Å². The molecule has 0 aliphatic heterocycles. The molecule has 0 radical (unpaired) electrons. The maximum absolute atomic E-state index is 14.0. The van der Waals surface area contributed by atoms with Crippen LogP contribution in [0.3, 0.4) is 0 Å². The van der Waals surface area contributed by atoms with Crippen molar-refractivity contribution in [1.29, 1.82) is 0 Å². The van der Waals surface area contributed by atoms with E-state index in [4.69, 9.17) is 0 Å². The molecule has 0 amide bonds. The Morgan fingerprint density at radius 1 is 1.10 bits per heavy atom. The van der Waals surface area contributed by atoms with Crippen LogP contribution in [-0.2, 0) is 0 Å². The molecule has 2 heteroatoms. The highest BCUT2D eigenvalue weighted by Crippen LogP contribution is 2.38. The van der Waals surface area contributed by atoms with Gasteiger partial charge in [0.1, 0.15) is 0 Å². The number of allylic oxidation sites excluding steroid dienone is 2. The molecule has 0 bridgehead atoms. The van der Waals surface area contributed by atoms with E-state index in [1.807, 2.05) is 6.92 Å². The highest BCUT2D eigenvalue weighted by atomic mass is 19.2. The van der Waals surface area contributed by atoms with Crippen LogP contribution in [0.4, 0.5) is 8.78 Å². The van der Waals surface area contributed by atoms with Gasteiger partial charge in [0.15, 0.2) is 11.6 Å². The standard InChI is InChI=1S/C17H22F2.CH4/c1-3-4-5-13-7-9-14(10-8-13)15-11-6-12(2)16(18)17(15)19;/h3-4,6,11,13-14H,5,7-10H2,1-2H3;1H4. The number of benzene rings is 1. The predicted octanol–water partition coefficient (Wildman–Crippen LogP) is 6.15. The van der Waals surface area contributed by atoms with Crippen molar-refractivity contribution in [2.24, 2.45) is 5.92 Å². The average molecular weight is 280 g/mol. The fourth-order valence-corrected chi connectivity index (χ4v) is 3.01. The van der Waals surface area contributed by atoms with Gasteiger partial charge in [-0.1, -0.05) is 31.7 Å². The Labute approximate surface area is 121 Å². The van der Waals surface area contributed by atoms with Crippen LogP contribution in [0.5, 0.6) is 0 Å². The van der Waals surface area contributed by atoms with E-state index in [0.717, 1.165) is 32.1 Å². The summed E-state index contributed by atoms with van der Waals surface area (Å²) in [6.45, 7) is 3.65. The molecule has 1 aliphatic rings. The van der Waals surface area contributed by atoms with E-state index in [1.165, 1.54) is 0 Å². The molecule has 2 rings (SSSR count). The maximum Gasteiger partial charge on any atom is 0.162 e. The van der Waals surface area contributed by atoms with E-state index in [1.54, 1.807) is 19.1 Å². The summed E-state index contributed by atoms with van der Waals surface area (Å²) >= 11 is 0. The van der Waals surface area contributed by atoms with Crippen LogP contribution in [0, 0.1) is 24.5 Å². The second-order valence-electron chi connectivity index (χ2n) is 5.62.